The molecule has 0 saturated carbocycles. The molecule has 21 heavy (non-hydrogen) atoms. The van der Waals surface area contributed by atoms with Crippen LogP contribution in [-0.4, -0.2) is 15.6 Å². The summed E-state index contributed by atoms with van der Waals surface area (Å²) in [5.74, 6) is -0.450. The Kier molecular flexibility index (Phi) is 4.30. The second-order valence-electron chi connectivity index (χ2n) is 4.37. The van der Waals surface area contributed by atoms with Crippen LogP contribution in [-0.2, 0) is 6.18 Å². The molecule has 1 aromatic carbocycles. The van der Waals surface area contributed by atoms with E-state index in [-0.39, 0.29) is 10.6 Å². The molecule has 1 atom stereocenters. The minimum Gasteiger partial charge on any atom is -0.292 e. The summed E-state index contributed by atoms with van der Waals surface area (Å²) in [4.78, 5) is 12.3. The van der Waals surface area contributed by atoms with E-state index in [4.69, 9.17) is 23.2 Å². The van der Waals surface area contributed by atoms with E-state index in [2.05, 4.69) is 5.10 Å². The Morgan fingerprint density at radius 2 is 2.00 bits per heavy atom. The van der Waals surface area contributed by atoms with E-state index in [0.717, 1.165) is 10.9 Å². The van der Waals surface area contributed by atoms with Crippen molar-refractivity contribution in [1.29, 1.82) is 0 Å². The molecule has 0 aliphatic carbocycles. The summed E-state index contributed by atoms with van der Waals surface area (Å²) in [5.41, 5.74) is -0.734. The monoisotopic (exact) mass is 336 g/mol. The highest BCUT2D eigenvalue weighted by atomic mass is 35.5. The molecule has 2 rings (SSSR count). The quantitative estimate of drug-likeness (QED) is 0.764. The molecule has 0 fully saturated rings. The number of carbonyl (C=O) groups is 1. The van der Waals surface area contributed by atoms with Gasteiger partial charge in [0.1, 0.15) is 6.04 Å². The topological polar surface area (TPSA) is 34.9 Å². The smallest absolute Gasteiger partial charge is 0.292 e. The van der Waals surface area contributed by atoms with Crippen LogP contribution in [0.1, 0.15) is 28.9 Å². The van der Waals surface area contributed by atoms with Crippen molar-refractivity contribution in [3.8, 4) is 0 Å². The Morgan fingerprint density at radius 1 is 1.33 bits per heavy atom. The van der Waals surface area contributed by atoms with Crippen molar-refractivity contribution in [1.82, 2.24) is 9.78 Å². The number of benzene rings is 1. The van der Waals surface area contributed by atoms with Crippen LogP contribution in [0, 0.1) is 0 Å². The molecule has 0 aliphatic rings. The molecule has 0 bridgehead atoms. The Hall–Kier alpha value is -1.53. The minimum atomic E-state index is -4.50. The zero-order chi connectivity index (χ0) is 15.8. The van der Waals surface area contributed by atoms with Crippen molar-refractivity contribution in [3.05, 3.63) is 51.8 Å². The third kappa shape index (κ3) is 3.39. The molecular formula is C13H9Cl2F3N2O. The minimum absolute atomic E-state index is 0.141. The van der Waals surface area contributed by atoms with Gasteiger partial charge in [-0.05, 0) is 25.1 Å². The fourth-order valence-electron chi connectivity index (χ4n) is 1.73. The molecule has 0 radical (unpaired) electrons. The van der Waals surface area contributed by atoms with Crippen LogP contribution in [0.15, 0.2) is 30.6 Å². The van der Waals surface area contributed by atoms with E-state index >= 15 is 0 Å². The van der Waals surface area contributed by atoms with Crippen molar-refractivity contribution in [2.24, 2.45) is 0 Å². The second kappa shape index (κ2) is 5.69. The average Bonchev–Trinajstić information content (AvgIpc) is 2.86. The van der Waals surface area contributed by atoms with Gasteiger partial charge in [-0.15, -0.1) is 0 Å². The van der Waals surface area contributed by atoms with Gasteiger partial charge in [-0.1, -0.05) is 23.2 Å². The van der Waals surface area contributed by atoms with Crippen LogP contribution in [0.25, 0.3) is 0 Å². The molecule has 112 valence electrons. The summed E-state index contributed by atoms with van der Waals surface area (Å²) >= 11 is 11.7. The predicted molar refractivity (Wildman–Crippen MR) is 72.7 cm³/mol. The lowest BCUT2D eigenvalue weighted by molar-refractivity contribution is -0.137. The van der Waals surface area contributed by atoms with Gasteiger partial charge in [-0.25, -0.2) is 0 Å². The van der Waals surface area contributed by atoms with E-state index in [1.807, 2.05) is 0 Å². The molecule has 1 unspecified atom stereocenters. The lowest BCUT2D eigenvalue weighted by Gasteiger charge is -2.12. The molecular weight excluding hydrogens is 328 g/mol. The van der Waals surface area contributed by atoms with E-state index < -0.39 is 23.6 Å². The number of alkyl halides is 3. The lowest BCUT2D eigenvalue weighted by atomic mass is 10.1. The maximum atomic E-state index is 12.5. The number of aromatic nitrogens is 2. The largest absolute Gasteiger partial charge is 0.419 e. The van der Waals surface area contributed by atoms with Crippen molar-refractivity contribution in [2.75, 3.05) is 0 Å². The van der Waals surface area contributed by atoms with Gasteiger partial charge >= 0.3 is 6.18 Å². The number of Topliss-reactive ketones (excluding diaryl/α,β-unsaturated/α-hetero) is 1. The van der Waals surface area contributed by atoms with Crippen LogP contribution in [0.5, 0.6) is 0 Å². The Labute approximate surface area is 128 Å². The first-order valence-electron chi connectivity index (χ1n) is 5.81. The first-order valence-corrected chi connectivity index (χ1v) is 6.56. The lowest BCUT2D eigenvalue weighted by Crippen LogP contribution is -2.17. The van der Waals surface area contributed by atoms with Crippen LogP contribution < -0.4 is 0 Å². The van der Waals surface area contributed by atoms with Gasteiger partial charge in [0.25, 0.3) is 0 Å². The molecule has 1 aromatic heterocycles. The fraction of sp³-hybridized carbons (Fsp3) is 0.231. The molecule has 0 saturated heterocycles. The van der Waals surface area contributed by atoms with Gasteiger partial charge in [0, 0.05) is 16.8 Å². The second-order valence-corrected chi connectivity index (χ2v) is 5.21. The van der Waals surface area contributed by atoms with Gasteiger partial charge in [0.05, 0.1) is 16.8 Å². The van der Waals surface area contributed by atoms with Gasteiger partial charge in [-0.2, -0.15) is 18.3 Å². The average molecular weight is 337 g/mol. The number of nitrogens with zero attached hydrogens (tertiary/aromatic N) is 2. The molecule has 0 N–H and O–H groups in total. The van der Waals surface area contributed by atoms with Gasteiger partial charge < -0.3 is 0 Å². The summed E-state index contributed by atoms with van der Waals surface area (Å²) in [5, 5.41) is 4.09. The van der Waals surface area contributed by atoms with E-state index in [1.165, 1.54) is 25.1 Å². The van der Waals surface area contributed by atoms with Crippen LogP contribution in [0.3, 0.4) is 0 Å². The maximum Gasteiger partial charge on any atom is 0.419 e. The highest BCUT2D eigenvalue weighted by molar-refractivity contribution is 6.36. The third-order valence-electron chi connectivity index (χ3n) is 2.90. The van der Waals surface area contributed by atoms with E-state index in [0.29, 0.717) is 11.2 Å². The first-order chi connectivity index (χ1) is 9.70. The Morgan fingerprint density at radius 3 is 2.52 bits per heavy atom. The first kappa shape index (κ1) is 15.9. The number of rotatable bonds is 3. The molecule has 0 amide bonds. The van der Waals surface area contributed by atoms with Crippen molar-refractivity contribution >= 4 is 29.0 Å². The maximum absolute atomic E-state index is 12.5. The van der Waals surface area contributed by atoms with Gasteiger partial charge in [0.2, 0.25) is 0 Å². The molecule has 2 aromatic rings. The van der Waals surface area contributed by atoms with E-state index in [1.54, 1.807) is 0 Å². The predicted octanol–water partition coefficient (Wildman–Crippen LogP) is 4.65. The van der Waals surface area contributed by atoms with Crippen molar-refractivity contribution in [2.45, 2.75) is 19.1 Å². The van der Waals surface area contributed by atoms with Crippen molar-refractivity contribution in [3.63, 3.8) is 0 Å². The third-order valence-corrected chi connectivity index (χ3v) is 3.45. The number of hydrogen-bond donors (Lipinski definition) is 0. The number of carbonyl (C=O) groups excluding carboxylic acids is 1. The molecule has 1 heterocycles. The van der Waals surface area contributed by atoms with Crippen molar-refractivity contribution < 1.29 is 18.0 Å². The van der Waals surface area contributed by atoms with Gasteiger partial charge in [-0.3, -0.25) is 9.48 Å². The highest BCUT2D eigenvalue weighted by Crippen LogP contribution is 2.30. The van der Waals surface area contributed by atoms with Gasteiger partial charge in [0.15, 0.2) is 5.78 Å². The SMILES string of the molecule is CC(C(=O)c1ccc(Cl)cc1Cl)n1cc(C(F)(F)F)cn1. The Balaban J connectivity index is 2.29. The van der Waals surface area contributed by atoms with E-state index in [9.17, 15) is 18.0 Å². The molecule has 0 aliphatic heterocycles. The van der Waals surface area contributed by atoms with Crippen LogP contribution in [0.2, 0.25) is 10.0 Å². The summed E-state index contributed by atoms with van der Waals surface area (Å²) in [6.45, 7) is 1.44. The fourth-order valence-corrected chi connectivity index (χ4v) is 2.23. The summed E-state index contributed by atoms with van der Waals surface area (Å²) in [6.07, 6.45) is -3.04. The standard InChI is InChI=1S/C13H9Cl2F3N2O/c1-7(20-6-8(5-19-20)13(16,17)18)12(21)10-3-2-9(14)4-11(10)15/h2-7H,1H3. The molecule has 0 spiro atoms. The van der Waals surface area contributed by atoms with Crippen LogP contribution in [0.4, 0.5) is 13.2 Å². The van der Waals surface area contributed by atoms with Crippen LogP contribution >= 0.6 is 23.2 Å². The summed E-state index contributed by atoms with van der Waals surface area (Å²) in [7, 11) is 0. The Bertz CT molecular complexity index is 682. The summed E-state index contributed by atoms with van der Waals surface area (Å²) in [6, 6.07) is 3.39. The molecule has 8 heteroatoms. The number of ketones is 1. The zero-order valence-electron chi connectivity index (χ0n) is 10.7. The molecule has 3 nitrogen and oxygen atoms in total. The highest BCUT2D eigenvalue weighted by Gasteiger charge is 2.33. The summed E-state index contributed by atoms with van der Waals surface area (Å²) < 4.78 is 38.5. The number of halogens is 5. The zero-order valence-corrected chi connectivity index (χ0v) is 12.2. The number of hydrogen-bond acceptors (Lipinski definition) is 2. The normalized spacial score (nSPS) is 13.2.